The van der Waals surface area contributed by atoms with E-state index in [0.717, 1.165) is 38.5 Å². The molecule has 2 saturated carbocycles. The van der Waals surface area contributed by atoms with E-state index in [2.05, 4.69) is 32.9 Å². The van der Waals surface area contributed by atoms with E-state index >= 15 is 0 Å². The zero-order chi connectivity index (χ0) is 22.7. The molecule has 176 valence electrons. The molecule has 2 saturated heterocycles. The molecule has 0 amide bonds. The maximum absolute atomic E-state index is 12.4. The summed E-state index contributed by atoms with van der Waals surface area (Å²) in [5.74, 6) is 0.579. The summed E-state index contributed by atoms with van der Waals surface area (Å²) in [5, 5.41) is 22.2. The van der Waals surface area contributed by atoms with Crippen LogP contribution in [0.25, 0.3) is 0 Å². The Balaban J connectivity index is 1.35. The van der Waals surface area contributed by atoms with E-state index in [9.17, 15) is 15.0 Å². The Labute approximate surface area is 191 Å². The SMILES string of the molecule is C[C@@H]1[C@@]2(CC[C@@](C)(CO)O2)O[C@H]2C[C@H]3[C@@H]4C=CC5=CC(=O)CC[C@]5(C)[C@H]4CC[C@]3(C)[C@]21O. The molecule has 0 aromatic rings. The number of allylic oxidation sites excluding steroid dienone is 4. The van der Waals surface area contributed by atoms with E-state index < -0.39 is 17.0 Å². The van der Waals surface area contributed by atoms with E-state index in [1.807, 2.05) is 13.0 Å². The average Bonchev–Trinajstić information content (AvgIpc) is 3.30. The van der Waals surface area contributed by atoms with Crippen LogP contribution < -0.4 is 0 Å². The van der Waals surface area contributed by atoms with Crippen LogP contribution in [0.2, 0.25) is 0 Å². The average molecular weight is 443 g/mol. The molecule has 10 atom stereocenters. The Morgan fingerprint density at radius 3 is 2.62 bits per heavy atom. The molecule has 0 unspecified atom stereocenters. The van der Waals surface area contributed by atoms with Crippen LogP contribution in [0.4, 0.5) is 0 Å². The van der Waals surface area contributed by atoms with Crippen molar-refractivity contribution in [1.82, 2.24) is 0 Å². The van der Waals surface area contributed by atoms with E-state index in [1.165, 1.54) is 5.57 Å². The van der Waals surface area contributed by atoms with Gasteiger partial charge in [0.1, 0.15) is 5.60 Å². The first kappa shape index (κ1) is 21.5. The fourth-order valence-electron chi connectivity index (χ4n) is 9.08. The number of carbonyl (C=O) groups excluding carboxylic acids is 1. The lowest BCUT2D eigenvalue weighted by molar-refractivity contribution is -0.263. The highest BCUT2D eigenvalue weighted by atomic mass is 16.7. The third kappa shape index (κ3) is 2.37. The van der Waals surface area contributed by atoms with Gasteiger partial charge in [0, 0.05) is 24.2 Å². The molecule has 0 aromatic carbocycles. The van der Waals surface area contributed by atoms with E-state index in [1.54, 1.807) is 0 Å². The first-order valence-electron chi connectivity index (χ1n) is 12.7. The van der Waals surface area contributed by atoms with Gasteiger partial charge in [-0.05, 0) is 73.8 Å². The molecule has 5 nitrogen and oxygen atoms in total. The van der Waals surface area contributed by atoms with Crippen LogP contribution in [0.15, 0.2) is 23.8 Å². The number of hydrogen-bond acceptors (Lipinski definition) is 5. The minimum Gasteiger partial charge on any atom is -0.393 e. The van der Waals surface area contributed by atoms with Gasteiger partial charge in [-0.25, -0.2) is 0 Å². The van der Waals surface area contributed by atoms with Crippen molar-refractivity contribution < 1.29 is 24.5 Å². The van der Waals surface area contributed by atoms with Crippen molar-refractivity contribution in [3.05, 3.63) is 23.8 Å². The topological polar surface area (TPSA) is 76.0 Å². The van der Waals surface area contributed by atoms with Crippen molar-refractivity contribution in [3.63, 3.8) is 0 Å². The molecule has 6 aliphatic rings. The first-order valence-corrected chi connectivity index (χ1v) is 12.7. The van der Waals surface area contributed by atoms with Crippen LogP contribution >= 0.6 is 0 Å². The summed E-state index contributed by atoms with van der Waals surface area (Å²) >= 11 is 0. The Bertz CT molecular complexity index is 925. The van der Waals surface area contributed by atoms with Gasteiger partial charge < -0.3 is 19.7 Å². The molecule has 4 aliphatic carbocycles. The summed E-state index contributed by atoms with van der Waals surface area (Å²) in [6, 6.07) is 0. The van der Waals surface area contributed by atoms with Gasteiger partial charge in [0.05, 0.1) is 18.3 Å². The van der Waals surface area contributed by atoms with Gasteiger partial charge in [0.25, 0.3) is 0 Å². The second-order valence-electron chi connectivity index (χ2n) is 12.5. The Hall–Kier alpha value is -1.01. The van der Waals surface area contributed by atoms with Crippen molar-refractivity contribution in [2.45, 2.75) is 95.7 Å². The second kappa shape index (κ2) is 6.35. The van der Waals surface area contributed by atoms with E-state index in [0.29, 0.717) is 24.2 Å². The highest BCUT2D eigenvalue weighted by Gasteiger charge is 2.77. The van der Waals surface area contributed by atoms with Crippen LogP contribution in [-0.4, -0.2) is 45.7 Å². The molecule has 32 heavy (non-hydrogen) atoms. The van der Waals surface area contributed by atoms with Crippen LogP contribution in [0, 0.1) is 34.5 Å². The first-order chi connectivity index (χ1) is 15.0. The number of hydrogen-bond donors (Lipinski definition) is 2. The number of carbonyl (C=O) groups is 1. The minimum absolute atomic E-state index is 0.0285. The molecule has 1 spiro atoms. The van der Waals surface area contributed by atoms with Crippen LogP contribution in [-0.2, 0) is 14.3 Å². The standard InChI is InChI=1S/C27H38O5/c1-16-26(12-11-23(2,15-28)32-26)31-22-14-21-19-6-5-17-13-18(29)7-9-24(17,3)20(19)8-10-25(21,4)27(16,22)30/h5-6,13,16,19-22,28,30H,7-12,14-15H2,1-4H3/t16-,19-,20+,21+,22+,23+,24+,25+,26+,27-/m1/s1. The molecule has 5 heteroatoms. The van der Waals surface area contributed by atoms with E-state index in [-0.39, 0.29) is 35.2 Å². The number of aliphatic hydroxyl groups is 2. The zero-order valence-electron chi connectivity index (χ0n) is 19.9. The van der Waals surface area contributed by atoms with Gasteiger partial charge in [-0.1, -0.05) is 32.9 Å². The van der Waals surface area contributed by atoms with Crippen LogP contribution in [0.3, 0.4) is 0 Å². The van der Waals surface area contributed by atoms with Crippen molar-refractivity contribution in [3.8, 4) is 0 Å². The van der Waals surface area contributed by atoms with Crippen molar-refractivity contribution in [1.29, 1.82) is 0 Å². The largest absolute Gasteiger partial charge is 0.393 e. The zero-order valence-corrected chi connectivity index (χ0v) is 19.9. The van der Waals surface area contributed by atoms with Gasteiger partial charge in [0.15, 0.2) is 11.6 Å². The summed E-state index contributed by atoms with van der Waals surface area (Å²) in [5.41, 5.74) is -0.503. The Kier molecular flexibility index (Phi) is 4.27. The number of fused-ring (bicyclic) bond motifs is 7. The normalized spacial score (nSPS) is 58.4. The summed E-state index contributed by atoms with van der Waals surface area (Å²) in [6.45, 7) is 8.67. The minimum atomic E-state index is -0.934. The summed E-state index contributed by atoms with van der Waals surface area (Å²) in [4.78, 5) is 12.1. The monoisotopic (exact) mass is 442 g/mol. The third-order valence-electron chi connectivity index (χ3n) is 11.2. The fourth-order valence-corrected chi connectivity index (χ4v) is 9.08. The smallest absolute Gasteiger partial charge is 0.175 e. The van der Waals surface area contributed by atoms with Crippen LogP contribution in [0.1, 0.15) is 72.6 Å². The maximum atomic E-state index is 12.4. The molecular formula is C27H38O5. The predicted octanol–water partition coefficient (Wildman–Crippen LogP) is 3.93. The van der Waals surface area contributed by atoms with Gasteiger partial charge in [-0.2, -0.15) is 0 Å². The van der Waals surface area contributed by atoms with Crippen molar-refractivity contribution in [2.24, 2.45) is 34.5 Å². The highest BCUT2D eigenvalue weighted by Crippen LogP contribution is 2.72. The predicted molar refractivity (Wildman–Crippen MR) is 120 cm³/mol. The molecule has 0 bridgehead atoms. The lowest BCUT2D eigenvalue weighted by Gasteiger charge is -2.58. The number of ketones is 1. The molecule has 2 aliphatic heterocycles. The Morgan fingerprint density at radius 1 is 1.12 bits per heavy atom. The molecule has 4 fully saturated rings. The van der Waals surface area contributed by atoms with Crippen molar-refractivity contribution >= 4 is 5.78 Å². The summed E-state index contributed by atoms with van der Waals surface area (Å²) < 4.78 is 13.1. The molecule has 0 aromatic heterocycles. The van der Waals surface area contributed by atoms with Gasteiger partial charge in [0.2, 0.25) is 0 Å². The fraction of sp³-hybridized carbons (Fsp3) is 0.815. The number of aliphatic hydroxyl groups excluding tert-OH is 1. The van der Waals surface area contributed by atoms with Gasteiger partial charge in [-0.3, -0.25) is 4.79 Å². The number of ether oxygens (including phenoxy) is 2. The molecular weight excluding hydrogens is 404 g/mol. The highest BCUT2D eigenvalue weighted by molar-refractivity contribution is 5.92. The Morgan fingerprint density at radius 2 is 1.91 bits per heavy atom. The second-order valence-corrected chi connectivity index (χ2v) is 12.5. The molecule has 2 N–H and O–H groups in total. The summed E-state index contributed by atoms with van der Waals surface area (Å²) in [7, 11) is 0. The number of rotatable bonds is 1. The van der Waals surface area contributed by atoms with E-state index in [4.69, 9.17) is 9.47 Å². The third-order valence-corrected chi connectivity index (χ3v) is 11.2. The van der Waals surface area contributed by atoms with Gasteiger partial charge in [-0.15, -0.1) is 0 Å². The lowest BCUT2D eigenvalue weighted by Crippen LogP contribution is -2.59. The quantitative estimate of drug-likeness (QED) is 0.644. The summed E-state index contributed by atoms with van der Waals surface area (Å²) in [6.07, 6.45) is 12.1. The van der Waals surface area contributed by atoms with Gasteiger partial charge >= 0.3 is 0 Å². The molecule has 0 radical (unpaired) electrons. The van der Waals surface area contributed by atoms with Crippen molar-refractivity contribution in [2.75, 3.05) is 6.61 Å². The molecule has 2 heterocycles. The van der Waals surface area contributed by atoms with Crippen LogP contribution in [0.5, 0.6) is 0 Å². The molecule has 6 rings (SSSR count). The lowest BCUT2D eigenvalue weighted by atomic mass is 9.47. The maximum Gasteiger partial charge on any atom is 0.175 e.